The van der Waals surface area contributed by atoms with Gasteiger partial charge in [0.25, 0.3) is 11.5 Å². The topological polar surface area (TPSA) is 75.9 Å². The molecule has 7 nitrogen and oxygen atoms in total. The Bertz CT molecular complexity index is 867. The zero-order valence-electron chi connectivity index (χ0n) is 15.5. The minimum absolute atomic E-state index is 0.0296. The van der Waals surface area contributed by atoms with Gasteiger partial charge in [-0.2, -0.15) is 0 Å². The molecule has 2 fully saturated rings. The zero-order valence-corrected chi connectivity index (χ0v) is 15.5. The number of carbonyl (C=O) groups excluding carboxylic acids is 1. The first kappa shape index (κ1) is 18.1. The molecule has 144 valence electrons. The van der Waals surface area contributed by atoms with Crippen LogP contribution < -0.4 is 10.9 Å². The Hall–Kier alpha value is -2.25. The lowest BCUT2D eigenvalue weighted by atomic mass is 9.79. The van der Waals surface area contributed by atoms with E-state index in [-0.39, 0.29) is 22.6 Å². The number of aromatic nitrogens is 2. The first-order valence-electron chi connectivity index (χ1n) is 9.77. The Balaban J connectivity index is 1.53. The summed E-state index contributed by atoms with van der Waals surface area (Å²) in [5, 5.41) is 3.04. The molecule has 1 aliphatic carbocycles. The molecular weight excluding hydrogens is 344 g/mol. The van der Waals surface area contributed by atoms with Gasteiger partial charge < -0.3 is 10.1 Å². The number of nitrogens with one attached hydrogen (secondary N) is 1. The van der Waals surface area contributed by atoms with Gasteiger partial charge in [0.15, 0.2) is 0 Å². The highest BCUT2D eigenvalue weighted by Crippen LogP contribution is 2.33. The van der Waals surface area contributed by atoms with Crippen LogP contribution in [0.25, 0.3) is 5.65 Å². The molecule has 3 heterocycles. The summed E-state index contributed by atoms with van der Waals surface area (Å²) in [5.41, 5.74) is 0.267. The predicted molar refractivity (Wildman–Crippen MR) is 102 cm³/mol. The number of morpholine rings is 1. The van der Waals surface area contributed by atoms with Crippen LogP contribution in [0.2, 0.25) is 0 Å². The van der Waals surface area contributed by atoms with E-state index in [9.17, 15) is 9.59 Å². The second-order valence-corrected chi connectivity index (χ2v) is 7.47. The third-order valence-corrected chi connectivity index (χ3v) is 5.90. The van der Waals surface area contributed by atoms with Gasteiger partial charge in [0.05, 0.1) is 13.2 Å². The molecule has 27 heavy (non-hydrogen) atoms. The van der Waals surface area contributed by atoms with Gasteiger partial charge in [-0.15, -0.1) is 0 Å². The maximum Gasteiger partial charge on any atom is 0.270 e. The summed E-state index contributed by atoms with van der Waals surface area (Å²) in [4.78, 5) is 32.1. The van der Waals surface area contributed by atoms with Gasteiger partial charge in [-0.05, 0) is 25.0 Å². The molecule has 0 spiro atoms. The molecule has 1 N–H and O–H groups in total. The Morgan fingerprint density at radius 1 is 1.19 bits per heavy atom. The zero-order chi connectivity index (χ0) is 18.7. The van der Waals surface area contributed by atoms with E-state index in [0.29, 0.717) is 12.2 Å². The van der Waals surface area contributed by atoms with Gasteiger partial charge in [0, 0.05) is 37.6 Å². The van der Waals surface area contributed by atoms with Crippen LogP contribution >= 0.6 is 0 Å². The molecule has 1 saturated carbocycles. The van der Waals surface area contributed by atoms with E-state index in [4.69, 9.17) is 4.74 Å². The van der Waals surface area contributed by atoms with E-state index in [1.165, 1.54) is 29.9 Å². The van der Waals surface area contributed by atoms with Crippen LogP contribution in [-0.4, -0.2) is 58.6 Å². The maximum atomic E-state index is 12.8. The van der Waals surface area contributed by atoms with Gasteiger partial charge in [-0.25, -0.2) is 4.98 Å². The van der Waals surface area contributed by atoms with E-state index in [1.807, 2.05) is 6.07 Å². The summed E-state index contributed by atoms with van der Waals surface area (Å²) in [6, 6.07) is 5.32. The highest BCUT2D eigenvalue weighted by Gasteiger charge is 2.39. The van der Waals surface area contributed by atoms with Crippen LogP contribution in [-0.2, 0) is 4.74 Å². The number of ether oxygens (including phenoxy) is 1. The van der Waals surface area contributed by atoms with Gasteiger partial charge in [-0.1, -0.05) is 25.3 Å². The lowest BCUT2D eigenvalue weighted by Gasteiger charge is -2.48. The van der Waals surface area contributed by atoms with E-state index < -0.39 is 0 Å². The van der Waals surface area contributed by atoms with Crippen LogP contribution in [0, 0.1) is 0 Å². The summed E-state index contributed by atoms with van der Waals surface area (Å²) in [6.45, 7) is 3.84. The van der Waals surface area contributed by atoms with E-state index in [2.05, 4.69) is 15.2 Å². The molecule has 1 saturated heterocycles. The number of nitrogens with zero attached hydrogens (tertiary/aromatic N) is 3. The van der Waals surface area contributed by atoms with E-state index in [1.54, 1.807) is 18.3 Å². The van der Waals surface area contributed by atoms with Crippen molar-refractivity contribution in [2.45, 2.75) is 37.6 Å². The lowest BCUT2D eigenvalue weighted by molar-refractivity contribution is -0.0361. The average Bonchev–Trinajstić information content (AvgIpc) is 2.74. The largest absolute Gasteiger partial charge is 0.379 e. The van der Waals surface area contributed by atoms with Gasteiger partial charge in [0.1, 0.15) is 11.2 Å². The van der Waals surface area contributed by atoms with Crippen LogP contribution in [0.3, 0.4) is 0 Å². The third-order valence-electron chi connectivity index (χ3n) is 5.90. The molecule has 2 aliphatic rings. The van der Waals surface area contributed by atoms with Crippen LogP contribution in [0.1, 0.15) is 42.5 Å². The van der Waals surface area contributed by atoms with Crippen LogP contribution in [0.4, 0.5) is 0 Å². The number of pyridine rings is 1. The molecule has 7 heteroatoms. The second-order valence-electron chi connectivity index (χ2n) is 7.47. The number of rotatable bonds is 4. The van der Waals surface area contributed by atoms with Crippen molar-refractivity contribution in [3.05, 3.63) is 46.5 Å². The SMILES string of the molecule is O=C(NCC1(N2CCOCC2)CCCCC1)c1cnc2ccccn2c1=O. The van der Waals surface area contributed by atoms with Crippen molar-refractivity contribution in [3.8, 4) is 0 Å². The molecule has 1 amide bonds. The standard InChI is InChI=1S/C20H26N4O3/c25-18(16-14-21-17-6-2-5-9-24(17)19(16)26)22-15-20(7-3-1-4-8-20)23-10-12-27-13-11-23/h2,5-6,9,14H,1,3-4,7-8,10-13,15H2,(H,22,25). The molecule has 0 radical (unpaired) electrons. The first-order chi connectivity index (χ1) is 13.2. The van der Waals surface area contributed by atoms with Crippen molar-refractivity contribution < 1.29 is 9.53 Å². The van der Waals surface area contributed by atoms with Crippen LogP contribution in [0.15, 0.2) is 35.4 Å². The highest BCUT2D eigenvalue weighted by atomic mass is 16.5. The molecule has 0 bridgehead atoms. The fourth-order valence-electron chi connectivity index (χ4n) is 4.37. The molecule has 1 aliphatic heterocycles. The summed E-state index contributed by atoms with van der Waals surface area (Å²) < 4.78 is 6.92. The minimum atomic E-state index is -0.344. The Labute approximate surface area is 158 Å². The van der Waals surface area contributed by atoms with Crippen molar-refractivity contribution in [1.82, 2.24) is 19.6 Å². The molecular formula is C20H26N4O3. The molecule has 0 atom stereocenters. The van der Waals surface area contributed by atoms with Crippen molar-refractivity contribution >= 4 is 11.6 Å². The van der Waals surface area contributed by atoms with Crippen molar-refractivity contribution in [1.29, 1.82) is 0 Å². The monoisotopic (exact) mass is 370 g/mol. The van der Waals surface area contributed by atoms with Crippen molar-refractivity contribution in [3.63, 3.8) is 0 Å². The van der Waals surface area contributed by atoms with E-state index in [0.717, 1.165) is 39.1 Å². The second kappa shape index (κ2) is 7.78. The smallest absolute Gasteiger partial charge is 0.270 e. The molecule has 4 rings (SSSR count). The molecule has 2 aromatic rings. The third kappa shape index (κ3) is 3.61. The summed E-state index contributed by atoms with van der Waals surface area (Å²) in [6.07, 6.45) is 8.76. The van der Waals surface area contributed by atoms with E-state index >= 15 is 0 Å². The van der Waals surface area contributed by atoms with Gasteiger partial charge in [0.2, 0.25) is 0 Å². The summed E-state index contributed by atoms with van der Waals surface area (Å²) in [7, 11) is 0. The Morgan fingerprint density at radius 2 is 1.96 bits per heavy atom. The predicted octanol–water partition coefficient (Wildman–Crippen LogP) is 1.46. The molecule has 2 aromatic heterocycles. The maximum absolute atomic E-state index is 12.8. The summed E-state index contributed by atoms with van der Waals surface area (Å²) in [5.74, 6) is -0.344. The Morgan fingerprint density at radius 3 is 2.74 bits per heavy atom. The highest BCUT2D eigenvalue weighted by molar-refractivity contribution is 5.93. The van der Waals surface area contributed by atoms with Crippen molar-refractivity contribution in [2.75, 3.05) is 32.8 Å². The minimum Gasteiger partial charge on any atom is -0.379 e. The quantitative estimate of drug-likeness (QED) is 0.882. The fourth-order valence-corrected chi connectivity index (χ4v) is 4.37. The van der Waals surface area contributed by atoms with Gasteiger partial charge >= 0.3 is 0 Å². The lowest BCUT2D eigenvalue weighted by Crippen LogP contribution is -2.59. The first-order valence-corrected chi connectivity index (χ1v) is 9.77. The number of hydrogen-bond acceptors (Lipinski definition) is 5. The average molecular weight is 370 g/mol. The number of amides is 1. The van der Waals surface area contributed by atoms with Crippen molar-refractivity contribution in [2.24, 2.45) is 0 Å². The number of carbonyl (C=O) groups is 1. The Kier molecular flexibility index (Phi) is 5.22. The molecule has 0 unspecified atom stereocenters. The fraction of sp³-hybridized carbons (Fsp3) is 0.550. The number of hydrogen-bond donors (Lipinski definition) is 1. The van der Waals surface area contributed by atoms with Gasteiger partial charge in [-0.3, -0.25) is 18.9 Å². The molecule has 0 aromatic carbocycles. The normalized spacial score (nSPS) is 20.4. The summed E-state index contributed by atoms with van der Waals surface area (Å²) >= 11 is 0. The number of fused-ring (bicyclic) bond motifs is 1. The van der Waals surface area contributed by atoms with Crippen LogP contribution in [0.5, 0.6) is 0 Å².